The molecule has 0 radical (unpaired) electrons. The number of rotatable bonds is 11. The highest BCUT2D eigenvalue weighted by Gasteiger charge is 2.20. The molecule has 1 aliphatic carbocycles. The molecule has 0 aromatic rings. The Morgan fingerprint density at radius 3 is 2.44 bits per heavy atom. The number of hydrogen-bond acceptors (Lipinski definition) is 3. The van der Waals surface area contributed by atoms with Crippen LogP contribution in [0, 0.1) is 5.92 Å². The van der Waals surface area contributed by atoms with Crippen LogP contribution in [0.3, 0.4) is 0 Å². The van der Waals surface area contributed by atoms with Crippen LogP contribution in [0.1, 0.15) is 52.4 Å². The maximum absolute atomic E-state index is 11.6. The summed E-state index contributed by atoms with van der Waals surface area (Å²) in [5.41, 5.74) is 0. The number of unbranched alkanes of at least 4 members (excludes halogenated alkanes) is 1. The minimum Gasteiger partial charge on any atom is -0.314 e. The van der Waals surface area contributed by atoms with E-state index in [9.17, 15) is 8.42 Å². The molecule has 4 nitrogen and oxygen atoms in total. The van der Waals surface area contributed by atoms with Crippen LogP contribution in [0.4, 0.5) is 0 Å². The van der Waals surface area contributed by atoms with Crippen LogP contribution in [0.25, 0.3) is 0 Å². The molecular formula is C13H28N2O2S. The van der Waals surface area contributed by atoms with Crippen LogP contribution in [0.2, 0.25) is 0 Å². The van der Waals surface area contributed by atoms with E-state index in [1.807, 2.05) is 0 Å². The van der Waals surface area contributed by atoms with Gasteiger partial charge in [-0.05, 0) is 38.1 Å². The summed E-state index contributed by atoms with van der Waals surface area (Å²) in [6.07, 6.45) is 6.42. The second-order valence-corrected chi connectivity index (χ2v) is 7.61. The van der Waals surface area contributed by atoms with Gasteiger partial charge >= 0.3 is 0 Å². The minimum atomic E-state index is -3.05. The molecule has 1 saturated carbocycles. The van der Waals surface area contributed by atoms with E-state index in [-0.39, 0.29) is 5.75 Å². The number of sulfonamides is 1. The molecule has 2 N–H and O–H groups in total. The topological polar surface area (TPSA) is 58.2 Å². The lowest BCUT2D eigenvalue weighted by Crippen LogP contribution is -2.29. The molecule has 0 aromatic heterocycles. The molecule has 0 saturated heterocycles. The van der Waals surface area contributed by atoms with Crippen LogP contribution < -0.4 is 10.0 Å². The summed E-state index contributed by atoms with van der Waals surface area (Å²) in [4.78, 5) is 0. The Kier molecular flexibility index (Phi) is 7.19. The third kappa shape index (κ3) is 8.89. The van der Waals surface area contributed by atoms with Crippen molar-refractivity contribution in [3.8, 4) is 0 Å². The van der Waals surface area contributed by atoms with Crippen molar-refractivity contribution in [2.24, 2.45) is 5.92 Å². The summed E-state index contributed by atoms with van der Waals surface area (Å²) in [6, 6.07) is 0.664. The molecule has 1 fully saturated rings. The van der Waals surface area contributed by atoms with Gasteiger partial charge in [-0.2, -0.15) is 0 Å². The predicted octanol–water partition coefficient (Wildman–Crippen LogP) is 1.87. The van der Waals surface area contributed by atoms with E-state index in [1.54, 1.807) is 0 Å². The summed E-state index contributed by atoms with van der Waals surface area (Å²) < 4.78 is 26.0. The Morgan fingerprint density at radius 2 is 1.83 bits per heavy atom. The number of hydrogen-bond donors (Lipinski definition) is 2. The Labute approximate surface area is 112 Å². The lowest BCUT2D eigenvalue weighted by atomic mass is 10.1. The quantitative estimate of drug-likeness (QED) is 0.566. The molecule has 0 aliphatic heterocycles. The fraction of sp³-hybridized carbons (Fsp3) is 1.00. The zero-order valence-electron chi connectivity index (χ0n) is 11.7. The van der Waals surface area contributed by atoms with Gasteiger partial charge in [0.15, 0.2) is 0 Å². The average Bonchev–Trinajstić information content (AvgIpc) is 3.07. The van der Waals surface area contributed by atoms with Gasteiger partial charge < -0.3 is 5.32 Å². The first kappa shape index (κ1) is 15.9. The normalized spacial score (nSPS) is 16.4. The fourth-order valence-corrected chi connectivity index (χ4v) is 2.96. The molecule has 0 unspecified atom stereocenters. The summed E-state index contributed by atoms with van der Waals surface area (Å²) >= 11 is 0. The van der Waals surface area contributed by atoms with Gasteiger partial charge in [0.1, 0.15) is 0 Å². The lowest BCUT2D eigenvalue weighted by Gasteiger charge is -2.08. The largest absolute Gasteiger partial charge is 0.314 e. The van der Waals surface area contributed by atoms with Crippen molar-refractivity contribution < 1.29 is 8.42 Å². The predicted molar refractivity (Wildman–Crippen MR) is 76.1 cm³/mol. The highest BCUT2D eigenvalue weighted by Crippen LogP contribution is 2.18. The van der Waals surface area contributed by atoms with Gasteiger partial charge in [0, 0.05) is 12.6 Å². The maximum Gasteiger partial charge on any atom is 0.211 e. The SMILES string of the molecule is CC(C)CCCCNS(=O)(=O)CCCNC1CC1. The Bertz CT molecular complexity index is 311. The monoisotopic (exact) mass is 276 g/mol. The first-order valence-electron chi connectivity index (χ1n) is 7.20. The third-order valence-electron chi connectivity index (χ3n) is 3.13. The number of nitrogens with one attached hydrogen (secondary N) is 2. The van der Waals surface area contributed by atoms with Gasteiger partial charge in [0.05, 0.1) is 5.75 Å². The summed E-state index contributed by atoms with van der Waals surface area (Å²) in [5.74, 6) is 0.951. The molecule has 0 spiro atoms. The van der Waals surface area contributed by atoms with Crippen LogP contribution >= 0.6 is 0 Å². The fourth-order valence-electron chi connectivity index (χ4n) is 1.83. The molecule has 0 atom stereocenters. The van der Waals surface area contributed by atoms with Crippen molar-refractivity contribution in [3.63, 3.8) is 0 Å². The molecular weight excluding hydrogens is 248 g/mol. The van der Waals surface area contributed by atoms with Crippen molar-refractivity contribution in [3.05, 3.63) is 0 Å². The van der Waals surface area contributed by atoms with Crippen molar-refractivity contribution in [1.82, 2.24) is 10.0 Å². The zero-order valence-corrected chi connectivity index (χ0v) is 12.6. The van der Waals surface area contributed by atoms with Gasteiger partial charge in [-0.3, -0.25) is 0 Å². The Hall–Kier alpha value is -0.130. The molecule has 5 heteroatoms. The Balaban J connectivity index is 1.96. The molecule has 1 rings (SSSR count). The van der Waals surface area contributed by atoms with E-state index in [2.05, 4.69) is 23.9 Å². The van der Waals surface area contributed by atoms with Crippen molar-refractivity contribution in [1.29, 1.82) is 0 Å². The molecule has 1 aliphatic rings. The minimum absolute atomic E-state index is 0.247. The third-order valence-corrected chi connectivity index (χ3v) is 4.60. The van der Waals surface area contributed by atoms with Crippen molar-refractivity contribution in [2.75, 3.05) is 18.8 Å². The lowest BCUT2D eigenvalue weighted by molar-refractivity contribution is 0.529. The highest BCUT2D eigenvalue weighted by molar-refractivity contribution is 7.89. The van der Waals surface area contributed by atoms with Gasteiger partial charge in [0.25, 0.3) is 0 Å². The van der Waals surface area contributed by atoms with Gasteiger partial charge in [-0.1, -0.05) is 26.7 Å². The van der Waals surface area contributed by atoms with E-state index in [0.717, 1.165) is 19.4 Å². The average molecular weight is 276 g/mol. The zero-order chi connectivity index (χ0) is 13.4. The van der Waals surface area contributed by atoms with E-state index in [1.165, 1.54) is 19.3 Å². The van der Waals surface area contributed by atoms with Gasteiger partial charge in [-0.15, -0.1) is 0 Å². The molecule has 0 heterocycles. The second kappa shape index (κ2) is 8.12. The van der Waals surface area contributed by atoms with Crippen LogP contribution in [0.5, 0.6) is 0 Å². The smallest absolute Gasteiger partial charge is 0.211 e. The molecule has 108 valence electrons. The maximum atomic E-state index is 11.6. The first-order chi connectivity index (χ1) is 8.49. The Morgan fingerprint density at radius 1 is 1.11 bits per heavy atom. The summed E-state index contributed by atoms with van der Waals surface area (Å²) in [6.45, 7) is 5.79. The van der Waals surface area contributed by atoms with E-state index >= 15 is 0 Å². The van der Waals surface area contributed by atoms with Gasteiger partial charge in [0.2, 0.25) is 10.0 Å². The van der Waals surface area contributed by atoms with Gasteiger partial charge in [-0.25, -0.2) is 13.1 Å². The summed E-state index contributed by atoms with van der Waals surface area (Å²) in [7, 11) is -3.05. The van der Waals surface area contributed by atoms with E-state index in [0.29, 0.717) is 24.9 Å². The van der Waals surface area contributed by atoms with Crippen LogP contribution in [-0.2, 0) is 10.0 Å². The highest BCUT2D eigenvalue weighted by atomic mass is 32.2. The second-order valence-electron chi connectivity index (χ2n) is 5.68. The molecule has 0 aromatic carbocycles. The van der Waals surface area contributed by atoms with Crippen LogP contribution in [0.15, 0.2) is 0 Å². The van der Waals surface area contributed by atoms with Crippen molar-refractivity contribution >= 4 is 10.0 Å². The molecule has 18 heavy (non-hydrogen) atoms. The molecule has 0 amide bonds. The van der Waals surface area contributed by atoms with E-state index < -0.39 is 10.0 Å². The summed E-state index contributed by atoms with van der Waals surface area (Å²) in [5, 5.41) is 3.33. The first-order valence-corrected chi connectivity index (χ1v) is 8.85. The van der Waals surface area contributed by atoms with E-state index in [4.69, 9.17) is 0 Å². The molecule has 0 bridgehead atoms. The van der Waals surface area contributed by atoms with Crippen LogP contribution in [-0.4, -0.2) is 33.3 Å². The van der Waals surface area contributed by atoms with Crippen molar-refractivity contribution in [2.45, 2.75) is 58.4 Å². The standard InChI is InChI=1S/C13H28N2O2S/c1-12(2)6-3-4-10-15-18(16,17)11-5-9-14-13-7-8-13/h12-15H,3-11H2,1-2H3.